The van der Waals surface area contributed by atoms with Crippen molar-refractivity contribution >= 4 is 0 Å². The van der Waals surface area contributed by atoms with Gasteiger partial charge in [0.1, 0.15) is 11.4 Å². The molecule has 0 unspecified atom stereocenters. The van der Waals surface area contributed by atoms with Crippen molar-refractivity contribution in [2.24, 2.45) is 5.73 Å². The number of rotatable bonds is 4. The summed E-state index contributed by atoms with van der Waals surface area (Å²) in [5.74, 6) is -0.838. The summed E-state index contributed by atoms with van der Waals surface area (Å²) in [4.78, 5) is 3.24. The molecular formula is C9H9F5N2O2. The first-order chi connectivity index (χ1) is 8.28. The van der Waals surface area contributed by atoms with Crippen LogP contribution in [0.1, 0.15) is 23.4 Å². The number of halogens is 5. The molecule has 18 heavy (non-hydrogen) atoms. The van der Waals surface area contributed by atoms with Crippen molar-refractivity contribution < 1.29 is 31.8 Å². The number of aliphatic hydroxyl groups is 1. The highest BCUT2D eigenvalue weighted by atomic mass is 19.4. The van der Waals surface area contributed by atoms with Crippen molar-refractivity contribution in [3.8, 4) is 5.75 Å². The van der Waals surface area contributed by atoms with Gasteiger partial charge in [-0.2, -0.15) is 0 Å². The molecule has 0 aromatic carbocycles. The monoisotopic (exact) mass is 272 g/mol. The molecule has 1 aromatic heterocycles. The first kappa shape index (κ1) is 14.6. The Kier molecular flexibility index (Phi) is 4.41. The van der Waals surface area contributed by atoms with Gasteiger partial charge in [-0.15, -0.1) is 13.2 Å². The Hall–Kier alpha value is -1.48. The van der Waals surface area contributed by atoms with Gasteiger partial charge in [0.2, 0.25) is 0 Å². The van der Waals surface area contributed by atoms with E-state index in [1.807, 2.05) is 0 Å². The number of nitrogens with zero attached hydrogens (tertiary/aromatic N) is 1. The maximum absolute atomic E-state index is 12.5. The maximum Gasteiger partial charge on any atom is 0.573 e. The summed E-state index contributed by atoms with van der Waals surface area (Å²) < 4.78 is 64.8. The summed E-state index contributed by atoms with van der Waals surface area (Å²) in [6.07, 6.45) is -8.02. The molecule has 0 radical (unpaired) electrons. The van der Waals surface area contributed by atoms with Gasteiger partial charge in [-0.05, 0) is 11.6 Å². The molecule has 0 aliphatic rings. The number of nitrogens with two attached hydrogens (primary N) is 1. The summed E-state index contributed by atoms with van der Waals surface area (Å²) >= 11 is 0. The average Bonchev–Trinajstić information content (AvgIpc) is 2.25. The highest BCUT2D eigenvalue weighted by Crippen LogP contribution is 2.30. The minimum atomic E-state index is -5.01. The largest absolute Gasteiger partial charge is 0.573 e. The summed E-state index contributed by atoms with van der Waals surface area (Å²) in [7, 11) is 0. The van der Waals surface area contributed by atoms with E-state index >= 15 is 0 Å². The second-order valence-corrected chi connectivity index (χ2v) is 3.19. The third-order valence-electron chi connectivity index (χ3n) is 1.98. The minimum absolute atomic E-state index is 0.276. The molecule has 0 bridgehead atoms. The summed E-state index contributed by atoms with van der Waals surface area (Å²) in [6.45, 7) is -1.39. The zero-order valence-electron chi connectivity index (χ0n) is 8.84. The second kappa shape index (κ2) is 5.44. The van der Waals surface area contributed by atoms with Gasteiger partial charge in [0.15, 0.2) is 5.75 Å². The van der Waals surface area contributed by atoms with Crippen molar-refractivity contribution in [1.29, 1.82) is 0 Å². The van der Waals surface area contributed by atoms with Crippen LogP contribution in [0.15, 0.2) is 6.07 Å². The zero-order chi connectivity index (χ0) is 13.9. The van der Waals surface area contributed by atoms with Crippen LogP contribution in [-0.2, 0) is 13.2 Å². The number of hydrogen-bond donors (Lipinski definition) is 2. The molecule has 0 aliphatic heterocycles. The Labute approximate surface area is 98.2 Å². The zero-order valence-corrected chi connectivity index (χ0v) is 8.84. The molecule has 0 fully saturated rings. The molecule has 0 spiro atoms. The van der Waals surface area contributed by atoms with Gasteiger partial charge >= 0.3 is 6.36 Å². The Morgan fingerprint density at radius 2 is 2.00 bits per heavy atom. The molecule has 1 aromatic rings. The van der Waals surface area contributed by atoms with E-state index in [9.17, 15) is 22.0 Å². The Morgan fingerprint density at radius 1 is 1.39 bits per heavy atom. The third kappa shape index (κ3) is 3.50. The number of ether oxygens (including phenoxy) is 1. The topological polar surface area (TPSA) is 68.4 Å². The Morgan fingerprint density at radius 3 is 2.39 bits per heavy atom. The predicted octanol–water partition coefficient (Wildman–Crippen LogP) is 1.87. The smallest absolute Gasteiger partial charge is 0.404 e. The van der Waals surface area contributed by atoms with Crippen molar-refractivity contribution in [2.45, 2.75) is 25.9 Å². The fraction of sp³-hybridized carbons (Fsp3) is 0.444. The van der Waals surface area contributed by atoms with Crippen molar-refractivity contribution in [1.82, 2.24) is 4.98 Å². The number of alkyl halides is 5. The van der Waals surface area contributed by atoms with Crippen LogP contribution in [-0.4, -0.2) is 16.5 Å². The van der Waals surface area contributed by atoms with Gasteiger partial charge in [-0.3, -0.25) is 0 Å². The molecule has 0 atom stereocenters. The first-order valence-electron chi connectivity index (χ1n) is 4.66. The van der Waals surface area contributed by atoms with E-state index in [4.69, 9.17) is 10.8 Å². The van der Waals surface area contributed by atoms with Crippen molar-refractivity contribution in [3.63, 3.8) is 0 Å². The fourth-order valence-corrected chi connectivity index (χ4v) is 1.27. The Bertz CT molecular complexity index is 422. The van der Waals surface area contributed by atoms with Gasteiger partial charge in [0, 0.05) is 6.54 Å². The van der Waals surface area contributed by atoms with Gasteiger partial charge in [0.25, 0.3) is 6.43 Å². The molecule has 4 nitrogen and oxygen atoms in total. The lowest BCUT2D eigenvalue weighted by Crippen LogP contribution is -2.19. The molecule has 9 heteroatoms. The predicted molar refractivity (Wildman–Crippen MR) is 49.7 cm³/mol. The van der Waals surface area contributed by atoms with Gasteiger partial charge in [-0.25, -0.2) is 13.8 Å². The van der Waals surface area contributed by atoms with Crippen LogP contribution in [0.2, 0.25) is 0 Å². The lowest BCUT2D eigenvalue weighted by atomic mass is 10.1. The summed E-state index contributed by atoms with van der Waals surface area (Å²) in [5, 5.41) is 8.80. The molecule has 3 N–H and O–H groups in total. The maximum atomic E-state index is 12.5. The molecule has 0 saturated heterocycles. The molecule has 102 valence electrons. The SMILES string of the molecule is NCc1cc(OC(F)(F)F)c(CO)nc1C(F)F. The van der Waals surface area contributed by atoms with Gasteiger partial charge in [-0.1, -0.05) is 0 Å². The van der Waals surface area contributed by atoms with Gasteiger partial charge < -0.3 is 15.6 Å². The average molecular weight is 272 g/mol. The van der Waals surface area contributed by atoms with Gasteiger partial charge in [0.05, 0.1) is 6.61 Å². The number of hydrogen-bond acceptors (Lipinski definition) is 4. The van der Waals surface area contributed by atoms with E-state index in [0.717, 1.165) is 0 Å². The lowest BCUT2D eigenvalue weighted by molar-refractivity contribution is -0.275. The van der Waals surface area contributed by atoms with E-state index in [2.05, 4.69) is 9.72 Å². The molecule has 0 saturated carbocycles. The van der Waals surface area contributed by atoms with E-state index < -0.39 is 43.1 Å². The second-order valence-electron chi connectivity index (χ2n) is 3.19. The number of aliphatic hydroxyl groups excluding tert-OH is 1. The van der Waals surface area contributed by atoms with Crippen LogP contribution in [0.25, 0.3) is 0 Å². The minimum Gasteiger partial charge on any atom is -0.404 e. The van der Waals surface area contributed by atoms with Crippen LogP contribution >= 0.6 is 0 Å². The van der Waals surface area contributed by atoms with E-state index in [1.54, 1.807) is 0 Å². The normalized spacial score (nSPS) is 12.0. The van der Waals surface area contributed by atoms with Crippen LogP contribution in [0.3, 0.4) is 0 Å². The fourth-order valence-electron chi connectivity index (χ4n) is 1.27. The third-order valence-corrected chi connectivity index (χ3v) is 1.98. The number of aromatic nitrogens is 1. The van der Waals surface area contributed by atoms with E-state index in [1.165, 1.54) is 0 Å². The van der Waals surface area contributed by atoms with Crippen molar-refractivity contribution in [2.75, 3.05) is 0 Å². The summed E-state index contributed by atoms with van der Waals surface area (Å²) in [5.41, 5.74) is 3.47. The molecule has 0 aliphatic carbocycles. The number of pyridine rings is 1. The van der Waals surface area contributed by atoms with E-state index in [-0.39, 0.29) is 5.56 Å². The molecular weight excluding hydrogens is 263 g/mol. The Balaban J connectivity index is 3.26. The highest BCUT2D eigenvalue weighted by molar-refractivity contribution is 5.36. The first-order valence-corrected chi connectivity index (χ1v) is 4.66. The lowest BCUT2D eigenvalue weighted by Gasteiger charge is -2.15. The van der Waals surface area contributed by atoms with Crippen LogP contribution < -0.4 is 10.5 Å². The van der Waals surface area contributed by atoms with Crippen molar-refractivity contribution in [3.05, 3.63) is 23.0 Å². The van der Waals surface area contributed by atoms with E-state index in [0.29, 0.717) is 6.07 Å². The summed E-state index contributed by atoms with van der Waals surface area (Å²) in [6, 6.07) is 0.702. The molecule has 1 rings (SSSR count). The standard InChI is InChI=1S/C9H9F5N2O2/c10-8(11)7-4(2-15)1-6(5(3-17)16-7)18-9(12,13)14/h1,8,17H,2-3,15H2. The molecule has 1 heterocycles. The molecule has 0 amide bonds. The van der Waals surface area contributed by atoms with Crippen LogP contribution in [0.5, 0.6) is 5.75 Å². The van der Waals surface area contributed by atoms with Crippen LogP contribution in [0, 0.1) is 0 Å². The quantitative estimate of drug-likeness (QED) is 0.821. The highest BCUT2D eigenvalue weighted by Gasteiger charge is 2.33. The van der Waals surface area contributed by atoms with Crippen LogP contribution in [0.4, 0.5) is 22.0 Å².